The van der Waals surface area contributed by atoms with Crippen molar-refractivity contribution in [1.29, 1.82) is 0 Å². The molecule has 3 atom stereocenters. The standard InChI is InChI=1S/C13H27NO3/c1-10(2)5-6-16-12-9-11(14-3)13(12)17-8-7-15-4/h10-14H,5-9H2,1-4H3. The summed E-state index contributed by atoms with van der Waals surface area (Å²) in [5.74, 6) is 0.697. The molecule has 1 N–H and O–H groups in total. The van der Waals surface area contributed by atoms with E-state index in [2.05, 4.69) is 19.2 Å². The summed E-state index contributed by atoms with van der Waals surface area (Å²) in [6.07, 6.45) is 2.60. The van der Waals surface area contributed by atoms with Crippen LogP contribution < -0.4 is 5.32 Å². The second-order valence-corrected chi connectivity index (χ2v) is 5.05. The Morgan fingerprint density at radius 2 is 1.94 bits per heavy atom. The molecule has 0 heterocycles. The molecule has 1 saturated carbocycles. The lowest BCUT2D eigenvalue weighted by Crippen LogP contribution is -2.59. The normalized spacial score (nSPS) is 28.4. The van der Waals surface area contributed by atoms with Crippen molar-refractivity contribution in [1.82, 2.24) is 5.32 Å². The fourth-order valence-electron chi connectivity index (χ4n) is 1.97. The summed E-state index contributed by atoms with van der Waals surface area (Å²) in [6, 6.07) is 0.427. The van der Waals surface area contributed by atoms with Gasteiger partial charge in [0.05, 0.1) is 25.4 Å². The van der Waals surface area contributed by atoms with Crippen LogP contribution in [0.4, 0.5) is 0 Å². The number of ether oxygens (including phenoxy) is 3. The molecular weight excluding hydrogens is 218 g/mol. The molecular formula is C13H27NO3. The lowest BCUT2D eigenvalue weighted by atomic mass is 9.85. The Hall–Kier alpha value is -0.160. The van der Waals surface area contributed by atoms with Gasteiger partial charge in [0.1, 0.15) is 0 Å². The van der Waals surface area contributed by atoms with Crippen molar-refractivity contribution in [3.63, 3.8) is 0 Å². The van der Waals surface area contributed by atoms with Crippen LogP contribution in [0.3, 0.4) is 0 Å². The van der Waals surface area contributed by atoms with Gasteiger partial charge in [0.15, 0.2) is 0 Å². The van der Waals surface area contributed by atoms with Crippen molar-refractivity contribution >= 4 is 0 Å². The Kier molecular flexibility index (Phi) is 7.04. The minimum absolute atomic E-state index is 0.183. The summed E-state index contributed by atoms with van der Waals surface area (Å²) in [4.78, 5) is 0. The number of methoxy groups -OCH3 is 1. The number of nitrogens with one attached hydrogen (secondary N) is 1. The highest BCUT2D eigenvalue weighted by atomic mass is 16.6. The van der Waals surface area contributed by atoms with Crippen molar-refractivity contribution in [2.45, 2.75) is 44.9 Å². The molecule has 17 heavy (non-hydrogen) atoms. The van der Waals surface area contributed by atoms with E-state index < -0.39 is 0 Å². The molecule has 1 fully saturated rings. The van der Waals surface area contributed by atoms with Crippen LogP contribution in [0.5, 0.6) is 0 Å². The van der Waals surface area contributed by atoms with Gasteiger partial charge >= 0.3 is 0 Å². The van der Waals surface area contributed by atoms with Crippen molar-refractivity contribution < 1.29 is 14.2 Å². The molecule has 4 heteroatoms. The first-order chi connectivity index (χ1) is 8.19. The third-order valence-corrected chi connectivity index (χ3v) is 3.24. The minimum atomic E-state index is 0.183. The largest absolute Gasteiger partial charge is 0.382 e. The molecule has 1 aliphatic rings. The Morgan fingerprint density at radius 1 is 1.18 bits per heavy atom. The van der Waals surface area contributed by atoms with Crippen molar-refractivity contribution in [3.05, 3.63) is 0 Å². The molecule has 3 unspecified atom stereocenters. The van der Waals surface area contributed by atoms with Crippen LogP contribution in [0, 0.1) is 5.92 Å². The Balaban J connectivity index is 2.19. The van der Waals surface area contributed by atoms with Crippen LogP contribution >= 0.6 is 0 Å². The third kappa shape index (κ3) is 4.92. The molecule has 0 amide bonds. The first kappa shape index (κ1) is 14.9. The minimum Gasteiger partial charge on any atom is -0.382 e. The zero-order chi connectivity index (χ0) is 12.7. The van der Waals surface area contributed by atoms with Crippen molar-refractivity contribution in [2.75, 3.05) is 34.0 Å². The first-order valence-electron chi connectivity index (χ1n) is 6.58. The SMILES string of the molecule is CNC1CC(OCCC(C)C)C1OCCOC. The fourth-order valence-corrected chi connectivity index (χ4v) is 1.97. The van der Waals surface area contributed by atoms with E-state index in [0.717, 1.165) is 19.4 Å². The molecule has 1 rings (SSSR count). The molecule has 102 valence electrons. The van der Waals surface area contributed by atoms with Gasteiger partial charge in [0.25, 0.3) is 0 Å². The van der Waals surface area contributed by atoms with Crippen LogP contribution in [0.2, 0.25) is 0 Å². The Labute approximate surface area is 105 Å². The number of rotatable bonds is 9. The molecule has 1 aliphatic carbocycles. The molecule has 0 bridgehead atoms. The average molecular weight is 245 g/mol. The zero-order valence-electron chi connectivity index (χ0n) is 11.6. The third-order valence-electron chi connectivity index (χ3n) is 3.24. The van der Waals surface area contributed by atoms with E-state index in [9.17, 15) is 0 Å². The maximum absolute atomic E-state index is 5.86. The predicted octanol–water partition coefficient (Wildman–Crippen LogP) is 1.44. The van der Waals surface area contributed by atoms with E-state index in [-0.39, 0.29) is 12.2 Å². The van der Waals surface area contributed by atoms with Gasteiger partial charge in [0, 0.05) is 19.8 Å². The van der Waals surface area contributed by atoms with Crippen LogP contribution in [0.15, 0.2) is 0 Å². The molecule has 0 spiro atoms. The molecule has 0 aromatic heterocycles. The fraction of sp³-hybridized carbons (Fsp3) is 1.00. The van der Waals surface area contributed by atoms with E-state index in [0.29, 0.717) is 25.2 Å². The Bertz CT molecular complexity index is 199. The molecule has 0 aliphatic heterocycles. The summed E-state index contributed by atoms with van der Waals surface area (Å²) in [5.41, 5.74) is 0. The lowest BCUT2D eigenvalue weighted by molar-refractivity contribution is -0.151. The van der Waals surface area contributed by atoms with E-state index in [1.165, 1.54) is 0 Å². The first-order valence-corrected chi connectivity index (χ1v) is 6.58. The predicted molar refractivity (Wildman–Crippen MR) is 68.3 cm³/mol. The summed E-state index contributed by atoms with van der Waals surface area (Å²) in [5, 5.41) is 3.26. The molecule has 0 aromatic carbocycles. The highest BCUT2D eigenvalue weighted by Gasteiger charge is 2.41. The van der Waals surface area contributed by atoms with Crippen molar-refractivity contribution in [2.24, 2.45) is 5.92 Å². The topological polar surface area (TPSA) is 39.7 Å². The van der Waals surface area contributed by atoms with Gasteiger partial charge in [-0.25, -0.2) is 0 Å². The van der Waals surface area contributed by atoms with Crippen LogP contribution in [0.25, 0.3) is 0 Å². The maximum atomic E-state index is 5.86. The van der Waals surface area contributed by atoms with Gasteiger partial charge < -0.3 is 19.5 Å². The van der Waals surface area contributed by atoms with Crippen LogP contribution in [0.1, 0.15) is 26.7 Å². The molecule has 0 aromatic rings. The highest BCUT2D eigenvalue weighted by molar-refractivity contribution is 4.96. The molecule has 0 saturated heterocycles. The van der Waals surface area contributed by atoms with E-state index >= 15 is 0 Å². The maximum Gasteiger partial charge on any atom is 0.0991 e. The average Bonchev–Trinajstić information content (AvgIpc) is 2.28. The van der Waals surface area contributed by atoms with Gasteiger partial charge in [-0.2, -0.15) is 0 Å². The van der Waals surface area contributed by atoms with E-state index in [1.54, 1.807) is 7.11 Å². The van der Waals surface area contributed by atoms with Gasteiger partial charge in [-0.3, -0.25) is 0 Å². The van der Waals surface area contributed by atoms with E-state index in [1.807, 2.05) is 7.05 Å². The summed E-state index contributed by atoms with van der Waals surface area (Å²) in [7, 11) is 3.66. The molecule has 0 radical (unpaired) electrons. The van der Waals surface area contributed by atoms with Crippen LogP contribution in [-0.2, 0) is 14.2 Å². The summed E-state index contributed by atoms with van der Waals surface area (Å²) < 4.78 is 16.6. The van der Waals surface area contributed by atoms with Gasteiger partial charge in [-0.1, -0.05) is 13.8 Å². The van der Waals surface area contributed by atoms with E-state index in [4.69, 9.17) is 14.2 Å². The summed E-state index contributed by atoms with van der Waals surface area (Å²) in [6.45, 7) is 6.55. The molecule has 4 nitrogen and oxygen atoms in total. The zero-order valence-corrected chi connectivity index (χ0v) is 11.6. The Morgan fingerprint density at radius 3 is 2.53 bits per heavy atom. The van der Waals surface area contributed by atoms with Gasteiger partial charge in [0.2, 0.25) is 0 Å². The number of likely N-dealkylation sites (N-methyl/N-ethyl adjacent to an activating group) is 1. The van der Waals surface area contributed by atoms with Crippen LogP contribution in [-0.4, -0.2) is 52.2 Å². The second-order valence-electron chi connectivity index (χ2n) is 5.05. The van der Waals surface area contributed by atoms with Crippen molar-refractivity contribution in [3.8, 4) is 0 Å². The lowest BCUT2D eigenvalue weighted by Gasteiger charge is -2.43. The highest BCUT2D eigenvalue weighted by Crippen LogP contribution is 2.27. The number of hydrogen-bond acceptors (Lipinski definition) is 4. The number of hydrogen-bond donors (Lipinski definition) is 1. The quantitative estimate of drug-likeness (QED) is 0.624. The smallest absolute Gasteiger partial charge is 0.0991 e. The van der Waals surface area contributed by atoms with Gasteiger partial charge in [-0.15, -0.1) is 0 Å². The monoisotopic (exact) mass is 245 g/mol. The van der Waals surface area contributed by atoms with Gasteiger partial charge in [-0.05, 0) is 25.8 Å². The summed E-state index contributed by atoms with van der Waals surface area (Å²) >= 11 is 0. The second kappa shape index (κ2) is 8.03.